The summed E-state index contributed by atoms with van der Waals surface area (Å²) >= 11 is 3.51. The van der Waals surface area contributed by atoms with Gasteiger partial charge in [-0.15, -0.1) is 0 Å². The summed E-state index contributed by atoms with van der Waals surface area (Å²) in [7, 11) is -1.30. The third kappa shape index (κ3) is 12.5. The van der Waals surface area contributed by atoms with E-state index in [1.54, 1.807) is 0 Å². The molecule has 0 N–H and O–H groups in total. The molecule has 0 bridgehead atoms. The average molecular weight is 1200 g/mol. The van der Waals surface area contributed by atoms with Gasteiger partial charge in [-0.05, 0) is 194 Å². The van der Waals surface area contributed by atoms with Crippen LogP contribution < -0.4 is 15.3 Å². The van der Waals surface area contributed by atoms with E-state index in [9.17, 15) is 0 Å². The fourth-order valence-corrected chi connectivity index (χ4v) is 11.1. The molecule has 0 amide bonds. The average Bonchev–Trinajstić information content (AvgIpc) is 1.93. The van der Waals surface area contributed by atoms with Crippen molar-refractivity contribution in [3.05, 3.63) is 247 Å². The number of nitrogens with zero attached hydrogens (tertiary/aromatic N) is 2. The van der Waals surface area contributed by atoms with Crippen molar-refractivity contribution in [2.24, 2.45) is 0 Å². The zero-order chi connectivity index (χ0) is 60.7. The van der Waals surface area contributed by atoms with Gasteiger partial charge in [-0.2, -0.15) is 0 Å². The molecule has 0 aromatic heterocycles. The fourth-order valence-electron chi connectivity index (χ4n) is 10.9. The Morgan fingerprint density at radius 1 is 0.279 bits per heavy atom. The lowest BCUT2D eigenvalue weighted by Crippen LogP contribution is -2.41. The summed E-state index contributed by atoms with van der Waals surface area (Å²) in [6.07, 6.45) is 0. The highest BCUT2D eigenvalue weighted by atomic mass is 79.9. The molecular formula is C74H76B3BrN2O6. The van der Waals surface area contributed by atoms with Crippen LogP contribution in [0.5, 0.6) is 0 Å². The van der Waals surface area contributed by atoms with Gasteiger partial charge in [0, 0.05) is 38.0 Å². The Morgan fingerprint density at radius 2 is 0.558 bits per heavy atom. The van der Waals surface area contributed by atoms with Crippen LogP contribution in [0.4, 0.5) is 34.1 Å². The lowest BCUT2D eigenvalue weighted by Gasteiger charge is -2.32. The van der Waals surface area contributed by atoms with E-state index >= 15 is 0 Å². The van der Waals surface area contributed by atoms with Crippen LogP contribution in [-0.2, 0) is 27.9 Å². The van der Waals surface area contributed by atoms with Gasteiger partial charge in [0.2, 0.25) is 0 Å². The van der Waals surface area contributed by atoms with Gasteiger partial charge in [-0.1, -0.05) is 186 Å². The van der Waals surface area contributed by atoms with E-state index in [0.717, 1.165) is 43.9 Å². The van der Waals surface area contributed by atoms with Crippen LogP contribution in [0.25, 0.3) is 43.8 Å². The molecule has 0 aliphatic carbocycles. The molecule has 0 saturated carbocycles. The van der Waals surface area contributed by atoms with Gasteiger partial charge in [0.25, 0.3) is 0 Å². The summed E-state index contributed by atoms with van der Waals surface area (Å²) in [6, 6.07) is 85.7. The zero-order valence-corrected chi connectivity index (χ0v) is 53.1. The third-order valence-corrected chi connectivity index (χ3v) is 18.5. The third-order valence-electron chi connectivity index (χ3n) is 18.0. The van der Waals surface area contributed by atoms with Gasteiger partial charge in [-0.25, -0.2) is 0 Å². The molecule has 13 rings (SSSR count). The Bertz CT molecular complexity index is 3850. The summed E-state index contributed by atoms with van der Waals surface area (Å²) in [6.45, 7) is 24.5. The van der Waals surface area contributed by atoms with Crippen LogP contribution in [0.15, 0.2) is 247 Å². The molecule has 434 valence electrons. The van der Waals surface area contributed by atoms with Crippen molar-refractivity contribution in [1.29, 1.82) is 0 Å². The summed E-state index contributed by atoms with van der Waals surface area (Å²) in [5.74, 6) is 0. The molecule has 10 aromatic carbocycles. The van der Waals surface area contributed by atoms with Crippen molar-refractivity contribution in [1.82, 2.24) is 0 Å². The summed E-state index contributed by atoms with van der Waals surface area (Å²) in [4.78, 5) is 4.65. The molecule has 0 unspecified atom stereocenters. The van der Waals surface area contributed by atoms with Crippen LogP contribution >= 0.6 is 15.9 Å². The second-order valence-corrected chi connectivity index (χ2v) is 26.3. The molecule has 3 heterocycles. The first-order chi connectivity index (χ1) is 41.0. The van der Waals surface area contributed by atoms with Crippen LogP contribution in [0, 0.1) is 0 Å². The molecule has 3 fully saturated rings. The topological polar surface area (TPSA) is 61.9 Å². The maximum atomic E-state index is 6.22. The summed E-state index contributed by atoms with van der Waals surface area (Å²) < 4.78 is 37.4. The molecule has 12 heteroatoms. The SMILES string of the molecule is Brc1ccc(-c2ccc(N(c3ccccc3)c3cccc4ccccc34)cc2)cc1.CC1(C)OB(B2OC(C)(C)C(C)(C)O2)OC1(C)C.CC1(C)OB(c2ccc(-c3ccc(N(c4ccccc4)c4cccc5ccccc45)cc3)cc2)OC1(C)C. The number of anilines is 6. The van der Waals surface area contributed by atoms with Crippen molar-refractivity contribution in [2.45, 2.75) is 117 Å². The number of benzene rings is 10. The normalized spacial score (nSPS) is 17.6. The van der Waals surface area contributed by atoms with E-state index < -0.39 is 14.0 Å². The molecule has 10 aromatic rings. The number of halogens is 1. The van der Waals surface area contributed by atoms with Gasteiger partial charge in [-0.3, -0.25) is 0 Å². The molecule has 0 atom stereocenters. The monoisotopic (exact) mass is 1200 g/mol. The predicted molar refractivity (Wildman–Crippen MR) is 364 cm³/mol. The number of fused-ring (bicyclic) bond motifs is 2. The van der Waals surface area contributed by atoms with Crippen molar-refractivity contribution < 1.29 is 27.9 Å². The second-order valence-electron chi connectivity index (χ2n) is 25.4. The Labute approximate surface area is 518 Å². The molecule has 3 aliphatic heterocycles. The number of hydrogen-bond donors (Lipinski definition) is 0. The number of rotatable bonds is 10. The maximum Gasteiger partial charge on any atom is 0.494 e. The lowest BCUT2D eigenvalue weighted by atomic mass is 9.49. The molecular weight excluding hydrogens is 1130 g/mol. The molecule has 0 radical (unpaired) electrons. The minimum absolute atomic E-state index is 0.346. The molecule has 3 saturated heterocycles. The van der Waals surface area contributed by atoms with E-state index in [1.807, 2.05) is 55.4 Å². The smallest absolute Gasteiger partial charge is 0.405 e. The highest BCUT2D eigenvalue weighted by Crippen LogP contribution is 2.45. The Hall–Kier alpha value is -7.25. The lowest BCUT2D eigenvalue weighted by molar-refractivity contribution is 0.00578. The van der Waals surface area contributed by atoms with E-state index in [1.165, 1.54) is 43.9 Å². The molecule has 3 aliphatic rings. The Kier molecular flexibility index (Phi) is 17.0. The maximum absolute atomic E-state index is 6.22. The number of hydrogen-bond acceptors (Lipinski definition) is 8. The summed E-state index contributed by atoms with van der Waals surface area (Å²) in [5.41, 5.74) is 10.5. The minimum Gasteiger partial charge on any atom is -0.405 e. The molecule has 86 heavy (non-hydrogen) atoms. The highest BCUT2D eigenvalue weighted by Gasteiger charge is 2.64. The largest absolute Gasteiger partial charge is 0.494 e. The van der Waals surface area contributed by atoms with Crippen LogP contribution in [0.3, 0.4) is 0 Å². The standard InChI is InChI=1S/C34H32BNO2.C28H20BrN.C12H24B2O4/c1-33(2)34(3,4)38-35(37-33)28-21-17-25(18-22-28)26-19-23-30(24-20-26)36(29-13-6-5-7-14-29)32-16-10-12-27-11-8-9-15-31(27)32;29-24-17-13-21(14-18-24)22-15-19-26(20-16-22)30(25-9-2-1-3-10-25)28-12-6-8-23-7-4-5-11-27(23)28;1-9(2)10(3,4)16-13(15-9)14-17-11(5,6)12(7,8)18-14/h5-24H,1-4H3;1-20H;1-8H3. The van der Waals surface area contributed by atoms with E-state index in [4.69, 9.17) is 27.9 Å². The van der Waals surface area contributed by atoms with E-state index in [-0.39, 0.29) is 40.7 Å². The van der Waals surface area contributed by atoms with Crippen LogP contribution in [-0.4, -0.2) is 54.7 Å². The van der Waals surface area contributed by atoms with E-state index in [2.05, 4.69) is 296 Å². The predicted octanol–water partition coefficient (Wildman–Crippen LogP) is 19.3. The Morgan fingerprint density at radius 3 is 0.919 bits per heavy atom. The summed E-state index contributed by atoms with van der Waals surface area (Å²) in [5, 5.41) is 4.93. The highest BCUT2D eigenvalue weighted by molar-refractivity contribution is 9.10. The van der Waals surface area contributed by atoms with Crippen molar-refractivity contribution in [3.63, 3.8) is 0 Å². The van der Waals surface area contributed by atoms with Gasteiger partial charge < -0.3 is 37.7 Å². The van der Waals surface area contributed by atoms with Crippen LogP contribution in [0.2, 0.25) is 0 Å². The quantitative estimate of drug-likeness (QED) is 0.126. The first-order valence-electron chi connectivity index (χ1n) is 29.8. The molecule has 0 spiro atoms. The molecule has 8 nitrogen and oxygen atoms in total. The van der Waals surface area contributed by atoms with Gasteiger partial charge in [0.15, 0.2) is 0 Å². The van der Waals surface area contributed by atoms with Gasteiger partial charge in [0.05, 0.1) is 45.0 Å². The zero-order valence-electron chi connectivity index (χ0n) is 51.5. The van der Waals surface area contributed by atoms with Crippen molar-refractivity contribution in [3.8, 4) is 22.3 Å². The Balaban J connectivity index is 0.000000143. The fraction of sp³-hybridized carbons (Fsp3) is 0.243. The minimum atomic E-state index is -0.476. The first-order valence-corrected chi connectivity index (χ1v) is 30.6. The van der Waals surface area contributed by atoms with Gasteiger partial charge >= 0.3 is 21.1 Å². The first kappa shape index (κ1) is 60.4. The second kappa shape index (κ2) is 24.1. The van der Waals surface area contributed by atoms with Crippen LogP contribution in [0.1, 0.15) is 83.1 Å². The number of para-hydroxylation sites is 2. The van der Waals surface area contributed by atoms with E-state index in [0.29, 0.717) is 0 Å². The van der Waals surface area contributed by atoms with Crippen molar-refractivity contribution >= 4 is 98.2 Å². The van der Waals surface area contributed by atoms with Gasteiger partial charge in [0.1, 0.15) is 0 Å². The van der Waals surface area contributed by atoms with Crippen molar-refractivity contribution in [2.75, 3.05) is 9.80 Å².